The number of amides is 2. The van der Waals surface area contributed by atoms with E-state index < -0.39 is 0 Å². The summed E-state index contributed by atoms with van der Waals surface area (Å²) in [5.41, 5.74) is 11.3. The maximum atomic E-state index is 13.8. The summed E-state index contributed by atoms with van der Waals surface area (Å²) in [5, 5.41) is 19.7. The molecule has 1 aromatic heterocycles. The monoisotopic (exact) mass is 679 g/mol. The van der Waals surface area contributed by atoms with E-state index >= 15 is 0 Å². The molecule has 0 aliphatic carbocycles. The van der Waals surface area contributed by atoms with Crippen LogP contribution in [0.5, 0.6) is 11.6 Å². The lowest BCUT2D eigenvalue weighted by Crippen LogP contribution is -2.42. The van der Waals surface area contributed by atoms with Gasteiger partial charge in [-0.3, -0.25) is 25.3 Å². The van der Waals surface area contributed by atoms with Crippen molar-refractivity contribution in [2.24, 2.45) is 10.9 Å². The van der Waals surface area contributed by atoms with Crippen molar-refractivity contribution in [1.82, 2.24) is 20.1 Å². The van der Waals surface area contributed by atoms with Gasteiger partial charge in [0, 0.05) is 55.7 Å². The van der Waals surface area contributed by atoms with Crippen LogP contribution in [0, 0.1) is 16.7 Å². The van der Waals surface area contributed by atoms with E-state index in [4.69, 9.17) is 26.0 Å². The third kappa shape index (κ3) is 8.00. The molecule has 5 rings (SSSR count). The number of pyridine rings is 1. The predicted molar refractivity (Wildman–Crippen MR) is 197 cm³/mol. The molecule has 0 radical (unpaired) electrons. The minimum atomic E-state index is -0.253. The van der Waals surface area contributed by atoms with E-state index in [1.807, 2.05) is 36.1 Å². The predicted octanol–water partition coefficient (Wildman–Crippen LogP) is 3.66. The third-order valence-corrected chi connectivity index (χ3v) is 9.09. The molecular weight excluding hydrogens is 634 g/mol. The number of carbonyl (C=O) groups excluding carboxylic acids is 2. The van der Waals surface area contributed by atoms with Gasteiger partial charge in [-0.25, -0.2) is 9.98 Å². The van der Waals surface area contributed by atoms with Gasteiger partial charge in [-0.1, -0.05) is 30.3 Å². The van der Waals surface area contributed by atoms with Crippen LogP contribution in [0.4, 0.5) is 11.4 Å². The second kappa shape index (κ2) is 16.2. The van der Waals surface area contributed by atoms with Gasteiger partial charge < -0.3 is 30.3 Å². The van der Waals surface area contributed by atoms with Gasteiger partial charge in [0.1, 0.15) is 0 Å². The summed E-state index contributed by atoms with van der Waals surface area (Å²) in [5.74, 6) is 0.687. The summed E-state index contributed by atoms with van der Waals surface area (Å²) in [7, 11) is 4.74. The fourth-order valence-corrected chi connectivity index (χ4v) is 6.29. The largest absolute Gasteiger partial charge is 0.491 e. The van der Waals surface area contributed by atoms with Crippen LogP contribution in [-0.2, 0) is 9.59 Å². The second-order valence-corrected chi connectivity index (χ2v) is 12.1. The average Bonchev–Trinajstić information content (AvgIpc) is 3.62. The lowest BCUT2D eigenvalue weighted by Gasteiger charge is -2.29. The van der Waals surface area contributed by atoms with E-state index in [0.29, 0.717) is 67.5 Å². The number of nitrogens with one attached hydrogen (secondary N) is 3. The van der Waals surface area contributed by atoms with Crippen molar-refractivity contribution in [1.29, 1.82) is 10.8 Å². The number of aliphatic imine (C=N–C) groups is 1. The maximum absolute atomic E-state index is 13.8. The normalized spacial score (nSPS) is 16.2. The van der Waals surface area contributed by atoms with Crippen molar-refractivity contribution in [3.8, 4) is 11.6 Å². The molecular formula is C37H45N9O4. The Kier molecular flexibility index (Phi) is 11.6. The van der Waals surface area contributed by atoms with Crippen molar-refractivity contribution in [2.75, 3.05) is 71.2 Å². The molecule has 1 fully saturated rings. The Balaban J connectivity index is 1.18. The zero-order valence-electron chi connectivity index (χ0n) is 29.0. The van der Waals surface area contributed by atoms with Gasteiger partial charge in [-0.2, -0.15) is 0 Å². The molecule has 2 amide bonds. The topological polar surface area (TPSA) is 173 Å². The van der Waals surface area contributed by atoms with Crippen molar-refractivity contribution in [3.63, 3.8) is 0 Å². The number of methoxy groups -OCH3 is 2. The number of nitrogen functional groups attached to an aromatic ring is 1. The molecule has 262 valence electrons. The molecule has 0 bridgehead atoms. The van der Waals surface area contributed by atoms with E-state index in [0.717, 1.165) is 17.5 Å². The first-order chi connectivity index (χ1) is 24.2. The fraction of sp³-hybridized carbons (Fsp3) is 0.351. The van der Waals surface area contributed by atoms with Crippen molar-refractivity contribution < 1.29 is 19.1 Å². The van der Waals surface area contributed by atoms with E-state index in [2.05, 4.69) is 26.3 Å². The number of likely N-dealkylation sites (tertiary alicyclic amines) is 1. The second-order valence-electron chi connectivity index (χ2n) is 12.1. The Morgan fingerprint density at radius 2 is 1.88 bits per heavy atom. The Morgan fingerprint density at radius 1 is 1.10 bits per heavy atom. The smallest absolute Gasteiger partial charge is 0.257 e. The number of hydrogen-bond donors (Lipinski definition) is 4. The maximum Gasteiger partial charge on any atom is 0.257 e. The summed E-state index contributed by atoms with van der Waals surface area (Å²) in [4.78, 5) is 41.2. The number of nitrogens with two attached hydrogens (primary N) is 1. The number of hydrogen-bond acceptors (Lipinski definition) is 9. The first-order valence-corrected chi connectivity index (χ1v) is 16.6. The number of amidine groups is 1. The number of rotatable bonds is 12. The first kappa shape index (κ1) is 35.7. The zero-order valence-corrected chi connectivity index (χ0v) is 29.0. The number of ether oxygens (including phenoxy) is 2. The lowest BCUT2D eigenvalue weighted by atomic mass is 9.98. The molecule has 2 aromatic carbocycles. The van der Waals surface area contributed by atoms with Crippen molar-refractivity contribution in [2.45, 2.75) is 19.8 Å². The van der Waals surface area contributed by atoms with Gasteiger partial charge in [0.15, 0.2) is 11.6 Å². The molecule has 50 heavy (non-hydrogen) atoms. The Morgan fingerprint density at radius 3 is 2.54 bits per heavy atom. The van der Waals surface area contributed by atoms with Crippen LogP contribution in [0.25, 0.3) is 5.57 Å². The fourth-order valence-electron chi connectivity index (χ4n) is 6.29. The Labute approximate surface area is 292 Å². The van der Waals surface area contributed by atoms with E-state index in [1.54, 1.807) is 42.3 Å². The minimum absolute atomic E-state index is 0.0190. The van der Waals surface area contributed by atoms with Gasteiger partial charge in [-0.05, 0) is 67.8 Å². The van der Waals surface area contributed by atoms with Gasteiger partial charge in [-0.15, -0.1) is 0 Å². The molecule has 3 aromatic rings. The molecule has 13 nitrogen and oxygen atoms in total. The van der Waals surface area contributed by atoms with Crippen LogP contribution in [0.1, 0.15) is 42.1 Å². The first-order valence-electron chi connectivity index (χ1n) is 16.6. The summed E-state index contributed by atoms with van der Waals surface area (Å²) in [6, 6.07) is 16.4. The van der Waals surface area contributed by atoms with Crippen LogP contribution in [-0.4, -0.2) is 105 Å². The number of benzene rings is 2. The molecule has 1 atom stereocenters. The van der Waals surface area contributed by atoms with Gasteiger partial charge in [0.2, 0.25) is 11.8 Å². The zero-order chi connectivity index (χ0) is 35.8. The minimum Gasteiger partial charge on any atom is -0.491 e. The molecule has 5 N–H and O–H groups in total. The highest BCUT2D eigenvalue weighted by atomic mass is 16.5. The van der Waals surface area contributed by atoms with E-state index in [1.165, 1.54) is 26.1 Å². The average molecular weight is 680 g/mol. The van der Waals surface area contributed by atoms with E-state index in [9.17, 15) is 9.59 Å². The lowest BCUT2D eigenvalue weighted by molar-refractivity contribution is -0.132. The summed E-state index contributed by atoms with van der Waals surface area (Å²) in [6.07, 6.45) is 4.99. The highest BCUT2D eigenvalue weighted by molar-refractivity contribution is 6.13. The van der Waals surface area contributed by atoms with Crippen LogP contribution in [0.3, 0.4) is 0 Å². The molecule has 2 aliphatic heterocycles. The van der Waals surface area contributed by atoms with E-state index in [-0.39, 0.29) is 41.7 Å². The van der Waals surface area contributed by atoms with Gasteiger partial charge in [0.25, 0.3) is 5.88 Å². The molecule has 13 heteroatoms. The standard InChI is InChI=1S/C37H45N9O4/c1-5-46(28-10-11-30(38)29(20-28)34(39)31-12-13-32(49-3)36(43-31)50-4)37(48)27-14-17-44(21-27)22-33(47)45-18-15-25(16-19-45)24-6-8-26(9-7-24)35(40)42-23-41-2/h6-13,15,20,23,27,39H,5,14,16-19,21-22,38H2,1-4H3,(H2,40,41,42)/t27-/m1/s1. The quantitative estimate of drug-likeness (QED) is 0.128. The Hall–Kier alpha value is -5.56. The molecule has 2 aliphatic rings. The third-order valence-electron chi connectivity index (χ3n) is 9.09. The number of nitrogens with zero attached hydrogens (tertiary/aromatic N) is 5. The SMILES string of the molecule is CCN(C(=O)[C@@H]1CCN(CC(=O)N2CC=C(c3ccc(C(=N)/N=C\NC)cc3)CC2)C1)c1ccc(N)c(C(=N)c2ccc(OC)c(OC)n2)c1. The number of aromatic nitrogens is 1. The number of anilines is 2. The van der Waals surface area contributed by atoms with Crippen molar-refractivity contribution in [3.05, 3.63) is 83.1 Å². The molecule has 0 saturated carbocycles. The van der Waals surface area contributed by atoms with Crippen LogP contribution in [0.2, 0.25) is 0 Å². The van der Waals surface area contributed by atoms with Gasteiger partial charge >= 0.3 is 0 Å². The van der Waals surface area contributed by atoms with Gasteiger partial charge in [0.05, 0.1) is 44.4 Å². The Bertz CT molecular complexity index is 1800. The summed E-state index contributed by atoms with van der Waals surface area (Å²) in [6.45, 7) is 4.96. The van der Waals surface area contributed by atoms with Crippen molar-refractivity contribution >= 4 is 46.6 Å². The molecule has 3 heterocycles. The van der Waals surface area contributed by atoms with Crippen LogP contribution < -0.4 is 25.4 Å². The molecule has 0 unspecified atom stereocenters. The number of carbonyl (C=O) groups is 2. The van der Waals surface area contributed by atoms with Crippen LogP contribution in [0.15, 0.2) is 65.7 Å². The highest BCUT2D eigenvalue weighted by Crippen LogP contribution is 2.30. The van der Waals surface area contributed by atoms with Crippen LogP contribution >= 0.6 is 0 Å². The molecule has 0 spiro atoms. The molecule has 1 saturated heterocycles. The highest BCUT2D eigenvalue weighted by Gasteiger charge is 2.33. The summed E-state index contributed by atoms with van der Waals surface area (Å²) < 4.78 is 10.6. The summed E-state index contributed by atoms with van der Waals surface area (Å²) >= 11 is 0.